The van der Waals surface area contributed by atoms with Crippen molar-refractivity contribution in [2.45, 2.75) is 39.5 Å². The summed E-state index contributed by atoms with van der Waals surface area (Å²) in [6.45, 7) is 8.64. The van der Waals surface area contributed by atoms with Crippen LogP contribution in [0.1, 0.15) is 42.9 Å². The van der Waals surface area contributed by atoms with E-state index in [0.29, 0.717) is 17.1 Å². The molecular formula is C18H20O. The zero-order chi connectivity index (χ0) is 13.4. The molecular weight excluding hydrogens is 232 g/mol. The van der Waals surface area contributed by atoms with Crippen LogP contribution >= 0.6 is 0 Å². The molecule has 3 aliphatic carbocycles. The Kier molecular flexibility index (Phi) is 1.99. The summed E-state index contributed by atoms with van der Waals surface area (Å²) in [6, 6.07) is 3.98. The van der Waals surface area contributed by atoms with Crippen molar-refractivity contribution >= 4 is 5.57 Å². The van der Waals surface area contributed by atoms with Gasteiger partial charge in [0.25, 0.3) is 0 Å². The fourth-order valence-corrected chi connectivity index (χ4v) is 4.80. The van der Waals surface area contributed by atoms with Crippen LogP contribution in [0.15, 0.2) is 29.9 Å². The summed E-state index contributed by atoms with van der Waals surface area (Å²) in [5.74, 6) is 1.15. The van der Waals surface area contributed by atoms with E-state index in [0.717, 1.165) is 12.0 Å². The second-order valence-corrected chi connectivity index (χ2v) is 6.66. The van der Waals surface area contributed by atoms with E-state index in [1.54, 1.807) is 5.57 Å². The molecule has 0 aliphatic heterocycles. The van der Waals surface area contributed by atoms with E-state index in [4.69, 9.17) is 0 Å². The fraction of sp³-hybridized carbons (Fsp3) is 0.444. The van der Waals surface area contributed by atoms with Gasteiger partial charge < -0.3 is 5.11 Å². The predicted molar refractivity (Wildman–Crippen MR) is 78.1 cm³/mol. The highest BCUT2D eigenvalue weighted by Gasteiger charge is 2.51. The molecule has 2 atom stereocenters. The third-order valence-corrected chi connectivity index (χ3v) is 5.84. The highest BCUT2D eigenvalue weighted by atomic mass is 16.3. The molecule has 4 rings (SSSR count). The van der Waals surface area contributed by atoms with Crippen molar-refractivity contribution in [2.24, 2.45) is 11.3 Å². The lowest BCUT2D eigenvalue weighted by atomic mass is 9.70. The first-order valence-corrected chi connectivity index (χ1v) is 7.26. The topological polar surface area (TPSA) is 20.2 Å². The molecule has 1 aromatic rings. The summed E-state index contributed by atoms with van der Waals surface area (Å²) >= 11 is 0. The Balaban J connectivity index is 2.03. The lowest BCUT2D eigenvalue weighted by molar-refractivity contribution is 0.404. The summed E-state index contributed by atoms with van der Waals surface area (Å²) < 4.78 is 0. The van der Waals surface area contributed by atoms with E-state index in [1.807, 2.05) is 6.07 Å². The Morgan fingerprint density at radius 2 is 2.11 bits per heavy atom. The number of benzene rings is 1. The average molecular weight is 252 g/mol. The van der Waals surface area contributed by atoms with Gasteiger partial charge in [0.05, 0.1) is 0 Å². The fourth-order valence-electron chi connectivity index (χ4n) is 4.80. The zero-order valence-electron chi connectivity index (χ0n) is 11.7. The van der Waals surface area contributed by atoms with Gasteiger partial charge in [-0.05, 0) is 84.9 Å². The van der Waals surface area contributed by atoms with Crippen molar-refractivity contribution in [3.63, 3.8) is 0 Å². The largest absolute Gasteiger partial charge is 0.508 e. The first kappa shape index (κ1) is 11.3. The second kappa shape index (κ2) is 3.33. The summed E-state index contributed by atoms with van der Waals surface area (Å²) in [4.78, 5) is 0. The monoisotopic (exact) mass is 252 g/mol. The van der Waals surface area contributed by atoms with Crippen molar-refractivity contribution in [3.05, 3.63) is 46.5 Å². The Labute approximate surface area is 114 Å². The number of phenolic OH excluding ortho intramolecular Hbond substituents is 1. The minimum Gasteiger partial charge on any atom is -0.508 e. The zero-order valence-corrected chi connectivity index (χ0v) is 11.7. The SMILES string of the molecule is C=C1C(C)=C2c3ccc(O)c(C)c3CC23CCC1C3. The minimum atomic E-state index is 0.358. The molecule has 1 aromatic carbocycles. The van der Waals surface area contributed by atoms with Gasteiger partial charge in [-0.25, -0.2) is 0 Å². The molecule has 0 radical (unpaired) electrons. The van der Waals surface area contributed by atoms with Crippen molar-refractivity contribution < 1.29 is 5.11 Å². The van der Waals surface area contributed by atoms with Crippen LogP contribution < -0.4 is 0 Å². The van der Waals surface area contributed by atoms with Crippen LogP contribution in [0, 0.1) is 18.3 Å². The van der Waals surface area contributed by atoms with Crippen LogP contribution in [0.3, 0.4) is 0 Å². The van der Waals surface area contributed by atoms with Crippen molar-refractivity contribution in [3.8, 4) is 5.75 Å². The molecule has 0 saturated heterocycles. The average Bonchev–Trinajstić information content (AvgIpc) is 2.93. The molecule has 1 heteroatoms. The van der Waals surface area contributed by atoms with E-state index in [2.05, 4.69) is 26.5 Å². The molecule has 2 unspecified atom stereocenters. The molecule has 1 saturated carbocycles. The maximum absolute atomic E-state index is 9.97. The molecule has 98 valence electrons. The molecule has 0 amide bonds. The molecule has 0 aromatic heterocycles. The van der Waals surface area contributed by atoms with E-state index < -0.39 is 0 Å². The van der Waals surface area contributed by atoms with Gasteiger partial charge in [0.2, 0.25) is 0 Å². The first-order valence-electron chi connectivity index (χ1n) is 7.26. The second-order valence-electron chi connectivity index (χ2n) is 6.66. The van der Waals surface area contributed by atoms with Crippen LogP contribution in [0.4, 0.5) is 0 Å². The maximum atomic E-state index is 9.97. The van der Waals surface area contributed by atoms with Crippen LogP contribution in [0.25, 0.3) is 5.57 Å². The van der Waals surface area contributed by atoms with Crippen LogP contribution in [0.2, 0.25) is 0 Å². The van der Waals surface area contributed by atoms with Gasteiger partial charge in [-0.15, -0.1) is 0 Å². The number of hydrogen-bond donors (Lipinski definition) is 1. The summed E-state index contributed by atoms with van der Waals surface area (Å²) in [5.41, 5.74) is 8.54. The van der Waals surface area contributed by atoms with Gasteiger partial charge in [0.15, 0.2) is 0 Å². The molecule has 19 heavy (non-hydrogen) atoms. The van der Waals surface area contributed by atoms with Crippen molar-refractivity contribution in [2.75, 3.05) is 0 Å². The van der Waals surface area contributed by atoms with Gasteiger partial charge in [-0.2, -0.15) is 0 Å². The van der Waals surface area contributed by atoms with E-state index in [1.165, 1.54) is 41.5 Å². The van der Waals surface area contributed by atoms with Crippen LogP contribution in [-0.2, 0) is 6.42 Å². The lowest BCUT2D eigenvalue weighted by Gasteiger charge is -2.33. The summed E-state index contributed by atoms with van der Waals surface area (Å²) in [5, 5.41) is 9.97. The Hall–Kier alpha value is -1.50. The summed E-state index contributed by atoms with van der Waals surface area (Å²) in [7, 11) is 0. The third-order valence-electron chi connectivity index (χ3n) is 5.84. The molecule has 2 bridgehead atoms. The molecule has 0 heterocycles. The number of aromatic hydroxyl groups is 1. The highest BCUT2D eigenvalue weighted by Crippen LogP contribution is 2.64. The molecule has 1 N–H and O–H groups in total. The molecule has 1 spiro atoms. The van der Waals surface area contributed by atoms with E-state index >= 15 is 0 Å². The van der Waals surface area contributed by atoms with Crippen molar-refractivity contribution in [1.82, 2.24) is 0 Å². The number of phenols is 1. The third kappa shape index (κ3) is 1.21. The minimum absolute atomic E-state index is 0.358. The molecule has 3 aliphatic rings. The smallest absolute Gasteiger partial charge is 0.118 e. The normalized spacial score (nSPS) is 31.7. The van der Waals surface area contributed by atoms with Gasteiger partial charge in [0.1, 0.15) is 5.75 Å². The lowest BCUT2D eigenvalue weighted by Crippen LogP contribution is -2.22. The predicted octanol–water partition coefficient (Wildman–Crippen LogP) is 4.39. The van der Waals surface area contributed by atoms with Crippen LogP contribution in [-0.4, -0.2) is 5.11 Å². The van der Waals surface area contributed by atoms with Gasteiger partial charge in [-0.1, -0.05) is 12.6 Å². The highest BCUT2D eigenvalue weighted by molar-refractivity contribution is 5.85. The number of hydrogen-bond acceptors (Lipinski definition) is 1. The van der Waals surface area contributed by atoms with Gasteiger partial charge in [0, 0.05) is 5.41 Å². The van der Waals surface area contributed by atoms with Gasteiger partial charge in [-0.3, -0.25) is 0 Å². The Morgan fingerprint density at radius 1 is 1.32 bits per heavy atom. The Morgan fingerprint density at radius 3 is 2.89 bits per heavy atom. The van der Waals surface area contributed by atoms with Gasteiger partial charge >= 0.3 is 0 Å². The number of rotatable bonds is 0. The van der Waals surface area contributed by atoms with Crippen LogP contribution in [0.5, 0.6) is 5.75 Å². The number of fused-ring (bicyclic) bond motifs is 3. The molecule has 1 fully saturated rings. The number of allylic oxidation sites excluding steroid dienone is 3. The first-order chi connectivity index (χ1) is 9.03. The maximum Gasteiger partial charge on any atom is 0.118 e. The quantitative estimate of drug-likeness (QED) is 0.726. The van der Waals surface area contributed by atoms with E-state index in [-0.39, 0.29) is 0 Å². The van der Waals surface area contributed by atoms with Crippen molar-refractivity contribution in [1.29, 1.82) is 0 Å². The summed E-state index contributed by atoms with van der Waals surface area (Å²) in [6.07, 6.45) is 4.98. The molecule has 1 nitrogen and oxygen atoms in total. The standard InChI is InChI=1S/C18H20O/c1-10-11(2)17-14-4-5-16(19)12(3)15(14)9-18(17)7-6-13(10)8-18/h4-5,13,19H,1,6-9H2,2-3H3. The van der Waals surface area contributed by atoms with E-state index in [9.17, 15) is 5.11 Å². The Bertz CT molecular complexity index is 650.